The van der Waals surface area contributed by atoms with Crippen molar-refractivity contribution in [2.75, 3.05) is 36.6 Å². The summed E-state index contributed by atoms with van der Waals surface area (Å²) in [4.78, 5) is 31.3. The summed E-state index contributed by atoms with van der Waals surface area (Å²) in [5.41, 5.74) is 2.93. The number of methoxy groups -OCH3 is 1. The number of fused-ring (bicyclic) bond motifs is 2. The van der Waals surface area contributed by atoms with Crippen LogP contribution in [-0.4, -0.2) is 72.9 Å². The van der Waals surface area contributed by atoms with Gasteiger partial charge in [-0.15, -0.1) is 11.7 Å². The monoisotopic (exact) mass is 705 g/mol. The van der Waals surface area contributed by atoms with Crippen molar-refractivity contribution >= 4 is 36.4 Å². The summed E-state index contributed by atoms with van der Waals surface area (Å²) in [5.74, 6) is 0.358. The average Bonchev–Trinajstić information content (AvgIpc) is 3.91. The fourth-order valence-electron chi connectivity index (χ4n) is 8.87. The molecule has 3 aliphatic heterocycles. The second-order valence-corrected chi connectivity index (χ2v) is 19.2. The fraction of sp³-hybridized carbons (Fsp3) is 0.400. The van der Waals surface area contributed by atoms with Gasteiger partial charge in [0.2, 0.25) is 5.91 Å². The Morgan fingerprint density at radius 2 is 1.88 bits per heavy atom. The van der Waals surface area contributed by atoms with Crippen molar-refractivity contribution in [2.45, 2.75) is 69.0 Å². The molecule has 10 nitrogen and oxygen atoms in total. The number of aryl methyl sites for hydroxylation is 1. The Morgan fingerprint density at radius 3 is 2.55 bits per heavy atom. The highest BCUT2D eigenvalue weighted by molar-refractivity contribution is 6.91. The van der Waals surface area contributed by atoms with Crippen LogP contribution in [0.15, 0.2) is 91.6 Å². The Morgan fingerprint density at radius 1 is 1.12 bits per heavy atom. The van der Waals surface area contributed by atoms with E-state index in [1.807, 2.05) is 76.4 Å². The number of hydrogen-bond acceptors (Lipinski definition) is 7. The minimum absolute atomic E-state index is 0.0425. The Hall–Kier alpha value is -4.58. The lowest BCUT2D eigenvalue weighted by Gasteiger charge is -2.37. The number of amides is 2. The molecule has 266 valence electrons. The molecule has 51 heavy (non-hydrogen) atoms. The highest BCUT2D eigenvalue weighted by Gasteiger charge is 2.66. The van der Waals surface area contributed by atoms with Crippen LogP contribution in [0, 0.1) is 5.92 Å². The Balaban J connectivity index is 1.27. The van der Waals surface area contributed by atoms with E-state index >= 15 is 0 Å². The van der Waals surface area contributed by atoms with Gasteiger partial charge in [-0.2, -0.15) is 0 Å². The molecule has 2 fully saturated rings. The third-order valence-corrected chi connectivity index (χ3v) is 15.8. The highest BCUT2D eigenvalue weighted by atomic mass is 28.3. The number of benzene rings is 3. The first-order valence-corrected chi connectivity index (χ1v) is 21.0. The number of anilines is 2. The van der Waals surface area contributed by atoms with E-state index in [9.17, 15) is 14.7 Å². The third-order valence-electron chi connectivity index (χ3n) is 11.5. The lowest BCUT2D eigenvalue weighted by molar-refractivity contribution is -0.145. The maximum absolute atomic E-state index is 14.9. The van der Waals surface area contributed by atoms with Gasteiger partial charge in [-0.25, -0.2) is 0 Å². The Kier molecular flexibility index (Phi) is 9.47. The normalized spacial score (nSPS) is 23.7. The Bertz CT molecular complexity index is 1910. The highest BCUT2D eigenvalue weighted by Crippen LogP contribution is 2.60. The molecule has 2 saturated heterocycles. The van der Waals surface area contributed by atoms with Crippen LogP contribution in [0.3, 0.4) is 0 Å². The van der Waals surface area contributed by atoms with Gasteiger partial charge in [0, 0.05) is 49.4 Å². The molecule has 1 aromatic heterocycles. The summed E-state index contributed by atoms with van der Waals surface area (Å²) in [6.45, 7) is 12.3. The number of aromatic nitrogens is 3. The second-order valence-electron chi connectivity index (χ2n) is 14.6. The molecule has 1 unspecified atom stereocenters. The molecule has 7 rings (SSSR count). The molecule has 5 atom stereocenters. The van der Waals surface area contributed by atoms with Gasteiger partial charge in [-0.3, -0.25) is 14.3 Å². The molecule has 3 aliphatic rings. The van der Waals surface area contributed by atoms with Gasteiger partial charge in [-0.05, 0) is 54.3 Å². The van der Waals surface area contributed by atoms with Crippen molar-refractivity contribution in [3.63, 3.8) is 0 Å². The topological polar surface area (TPSA) is 110 Å². The van der Waals surface area contributed by atoms with E-state index in [0.717, 1.165) is 34.7 Å². The number of rotatable bonds is 12. The van der Waals surface area contributed by atoms with Crippen LogP contribution in [0.2, 0.25) is 18.6 Å². The molecule has 1 spiro atoms. The summed E-state index contributed by atoms with van der Waals surface area (Å²) in [6.07, 6.45) is 5.32. The first-order valence-electron chi connectivity index (χ1n) is 17.9. The number of carbonyl (C=O) groups is 2. The largest absolute Gasteiger partial charge is 0.497 e. The van der Waals surface area contributed by atoms with Crippen LogP contribution < -0.4 is 19.7 Å². The van der Waals surface area contributed by atoms with Crippen molar-refractivity contribution < 1.29 is 24.2 Å². The summed E-state index contributed by atoms with van der Waals surface area (Å²) < 4.78 is 14.6. The molecule has 0 saturated carbocycles. The minimum atomic E-state index is -2.36. The minimum Gasteiger partial charge on any atom is -0.497 e. The molecule has 3 aromatic carbocycles. The maximum Gasteiger partial charge on any atom is 0.264 e. The van der Waals surface area contributed by atoms with Crippen molar-refractivity contribution in [1.82, 2.24) is 15.0 Å². The Labute approximate surface area is 300 Å². The third kappa shape index (κ3) is 5.90. The van der Waals surface area contributed by atoms with E-state index in [2.05, 4.69) is 49.0 Å². The molecule has 1 N–H and O–H groups in total. The van der Waals surface area contributed by atoms with Gasteiger partial charge in [-0.1, -0.05) is 79.0 Å². The van der Waals surface area contributed by atoms with Crippen LogP contribution in [-0.2, 0) is 26.5 Å². The van der Waals surface area contributed by atoms with E-state index in [1.165, 1.54) is 5.19 Å². The van der Waals surface area contributed by atoms with Gasteiger partial charge in [0.15, 0.2) is 5.60 Å². The predicted molar refractivity (Wildman–Crippen MR) is 200 cm³/mol. The molecule has 11 heteroatoms. The molecular formula is C40H47N5O5Si. The number of aliphatic hydroxyl groups excluding tert-OH is 1. The standard InChI is InChI=1S/C40H47N5O5Si/c1-6-21-45-35-19-14-29(44-22-10-13-37(44)47)24-33(35)40(39(45)48)27(2)38(51(4,5)31-17-15-30(49-3)16-18-31)36(50-40)20-23-43-25-34(41-42-43)32(26-46)28-11-8-7-9-12-28/h6-9,11-12,14-19,24-25,27,32,36,38,46H,1,10,13,20-23,26H2,2-5H3/t27-,32?,36+,38-,40+/m0/s1. The number of ether oxygens (including phenoxy) is 2. The van der Waals surface area contributed by atoms with Crippen molar-refractivity contribution in [3.05, 3.63) is 108 Å². The van der Waals surface area contributed by atoms with Gasteiger partial charge < -0.3 is 24.4 Å². The first kappa shape index (κ1) is 34.8. The van der Waals surface area contributed by atoms with Gasteiger partial charge in [0.25, 0.3) is 5.91 Å². The van der Waals surface area contributed by atoms with Crippen LogP contribution in [0.25, 0.3) is 0 Å². The molecule has 4 aromatic rings. The predicted octanol–water partition coefficient (Wildman–Crippen LogP) is 5.38. The van der Waals surface area contributed by atoms with Gasteiger partial charge in [0.05, 0.1) is 45.2 Å². The number of nitrogens with zero attached hydrogens (tertiary/aromatic N) is 5. The molecular weight excluding hydrogens is 659 g/mol. The zero-order valence-corrected chi connectivity index (χ0v) is 30.9. The fourth-order valence-corrected chi connectivity index (χ4v) is 12.9. The maximum atomic E-state index is 14.9. The van der Waals surface area contributed by atoms with E-state index in [0.29, 0.717) is 38.2 Å². The van der Waals surface area contributed by atoms with Gasteiger partial charge in [0.1, 0.15) is 5.75 Å². The molecule has 0 bridgehead atoms. The van der Waals surface area contributed by atoms with E-state index in [1.54, 1.807) is 18.1 Å². The first-order chi connectivity index (χ1) is 24.6. The molecule has 0 radical (unpaired) electrons. The zero-order valence-electron chi connectivity index (χ0n) is 29.9. The average molecular weight is 706 g/mol. The lowest BCUT2D eigenvalue weighted by atomic mass is 9.82. The number of hydrogen-bond donors (Lipinski definition) is 1. The molecule has 4 heterocycles. The lowest BCUT2D eigenvalue weighted by Crippen LogP contribution is -2.52. The van der Waals surface area contributed by atoms with E-state index in [-0.39, 0.29) is 41.9 Å². The molecule has 2 amide bonds. The van der Waals surface area contributed by atoms with Gasteiger partial charge >= 0.3 is 0 Å². The van der Waals surface area contributed by atoms with E-state index < -0.39 is 13.7 Å². The molecule has 0 aliphatic carbocycles. The number of carbonyl (C=O) groups excluding carboxylic acids is 2. The zero-order chi connectivity index (χ0) is 35.9. The van der Waals surface area contributed by atoms with Crippen LogP contribution >= 0.6 is 0 Å². The van der Waals surface area contributed by atoms with Crippen LogP contribution in [0.5, 0.6) is 5.75 Å². The van der Waals surface area contributed by atoms with Crippen LogP contribution in [0.1, 0.15) is 48.9 Å². The van der Waals surface area contributed by atoms with Crippen LogP contribution in [0.4, 0.5) is 11.4 Å². The van der Waals surface area contributed by atoms with Crippen molar-refractivity contribution in [3.8, 4) is 5.75 Å². The smallest absolute Gasteiger partial charge is 0.264 e. The summed E-state index contributed by atoms with van der Waals surface area (Å²) in [6, 6.07) is 24.1. The SMILES string of the molecule is C=CCN1C(=O)[C@]2(O[C@H](CCn3cc(C(CO)c4ccccc4)nn3)[C@@H]([Si](C)(C)c3ccc(OC)cc3)[C@@H]2C)c2cc(N3CCCC3=O)ccc21. The number of aliphatic hydroxyl groups is 1. The quantitative estimate of drug-likeness (QED) is 0.156. The summed E-state index contributed by atoms with van der Waals surface area (Å²) in [5, 5.41) is 20.4. The van der Waals surface area contributed by atoms with Crippen molar-refractivity contribution in [2.24, 2.45) is 5.92 Å². The summed E-state index contributed by atoms with van der Waals surface area (Å²) in [7, 11) is -0.687. The second kappa shape index (κ2) is 13.9. The summed E-state index contributed by atoms with van der Waals surface area (Å²) >= 11 is 0. The van der Waals surface area contributed by atoms with Crippen molar-refractivity contribution in [1.29, 1.82) is 0 Å². The van der Waals surface area contributed by atoms with E-state index in [4.69, 9.17) is 9.47 Å².